The molecule has 0 spiro atoms. The van der Waals surface area contributed by atoms with E-state index in [1.54, 1.807) is 11.3 Å². The summed E-state index contributed by atoms with van der Waals surface area (Å²) in [4.78, 5) is 10.6. The van der Waals surface area contributed by atoms with Gasteiger partial charge in [-0.1, -0.05) is 140 Å². The molecule has 0 fully saturated rings. The minimum atomic E-state index is 0.697. The van der Waals surface area contributed by atoms with Crippen LogP contribution in [0.15, 0.2) is 162 Å². The Morgan fingerprint density at radius 3 is 1.84 bits per heavy atom. The van der Waals surface area contributed by atoms with E-state index >= 15 is 0 Å². The van der Waals surface area contributed by atoms with Crippen LogP contribution in [-0.2, 0) is 0 Å². The van der Waals surface area contributed by atoms with Crippen LogP contribution >= 0.6 is 11.3 Å². The number of thiophene rings is 1. The van der Waals surface area contributed by atoms with Crippen molar-refractivity contribution in [3.8, 4) is 33.8 Å². The second-order valence-electron chi connectivity index (χ2n) is 12.9. The van der Waals surface area contributed by atoms with Crippen LogP contribution < -0.4 is 0 Å². The molecule has 4 heteroatoms. The predicted octanol–water partition coefficient (Wildman–Crippen LogP) is 13.2. The van der Waals surface area contributed by atoms with Crippen LogP contribution in [0.5, 0.6) is 0 Å². The molecule has 3 nitrogen and oxygen atoms in total. The molecule has 232 valence electrons. The number of aromatic nitrogens is 2. The quantitative estimate of drug-likeness (QED) is 0.178. The van der Waals surface area contributed by atoms with Crippen molar-refractivity contribution in [2.24, 2.45) is 0 Å². The minimum Gasteiger partial charge on any atom is -0.455 e. The predicted molar refractivity (Wildman–Crippen MR) is 211 cm³/mol. The van der Waals surface area contributed by atoms with Crippen LogP contribution in [0.25, 0.3) is 108 Å². The van der Waals surface area contributed by atoms with Gasteiger partial charge in [0, 0.05) is 37.5 Å². The number of rotatable bonds is 3. The second-order valence-corrected chi connectivity index (χ2v) is 13.9. The number of furan rings is 1. The van der Waals surface area contributed by atoms with E-state index in [9.17, 15) is 0 Å². The molecule has 0 aliphatic heterocycles. The highest BCUT2D eigenvalue weighted by molar-refractivity contribution is 7.26. The molecule has 0 radical (unpaired) electrons. The van der Waals surface area contributed by atoms with E-state index in [0.29, 0.717) is 5.82 Å². The van der Waals surface area contributed by atoms with E-state index in [1.807, 2.05) is 6.07 Å². The summed E-state index contributed by atoms with van der Waals surface area (Å²) in [5.41, 5.74) is 7.85. The Morgan fingerprint density at radius 1 is 0.440 bits per heavy atom. The molecule has 3 aromatic heterocycles. The van der Waals surface area contributed by atoms with Crippen molar-refractivity contribution in [2.45, 2.75) is 0 Å². The molecule has 8 aromatic carbocycles. The maximum Gasteiger partial charge on any atom is 0.161 e. The van der Waals surface area contributed by atoms with Gasteiger partial charge in [0.1, 0.15) is 11.2 Å². The van der Waals surface area contributed by atoms with Gasteiger partial charge in [-0.25, -0.2) is 9.97 Å². The van der Waals surface area contributed by atoms with Crippen molar-refractivity contribution in [1.29, 1.82) is 0 Å². The molecule has 11 rings (SSSR count). The van der Waals surface area contributed by atoms with Gasteiger partial charge in [-0.2, -0.15) is 0 Å². The third kappa shape index (κ3) is 3.97. The summed E-state index contributed by atoms with van der Waals surface area (Å²) in [5.74, 6) is 0.697. The van der Waals surface area contributed by atoms with Crippen LogP contribution in [0.2, 0.25) is 0 Å². The topological polar surface area (TPSA) is 38.9 Å². The van der Waals surface area contributed by atoms with Crippen LogP contribution in [0.1, 0.15) is 0 Å². The highest BCUT2D eigenvalue weighted by Crippen LogP contribution is 2.44. The van der Waals surface area contributed by atoms with Crippen molar-refractivity contribution in [3.63, 3.8) is 0 Å². The molecule has 3 heterocycles. The van der Waals surface area contributed by atoms with E-state index in [2.05, 4.69) is 152 Å². The van der Waals surface area contributed by atoms with Gasteiger partial charge in [0.25, 0.3) is 0 Å². The monoisotopic (exact) mass is 654 g/mol. The van der Waals surface area contributed by atoms with Crippen LogP contribution in [-0.4, -0.2) is 9.97 Å². The summed E-state index contributed by atoms with van der Waals surface area (Å²) in [5, 5.41) is 10.8. The molecule has 0 saturated carbocycles. The molecule has 0 aliphatic rings. The average molecular weight is 655 g/mol. The lowest BCUT2D eigenvalue weighted by molar-refractivity contribution is 0.670. The molecule has 0 aliphatic carbocycles. The van der Waals surface area contributed by atoms with Crippen LogP contribution in [0, 0.1) is 0 Å². The highest BCUT2D eigenvalue weighted by atomic mass is 32.1. The van der Waals surface area contributed by atoms with Crippen molar-refractivity contribution in [2.75, 3.05) is 0 Å². The largest absolute Gasteiger partial charge is 0.455 e. The molecule has 11 aromatic rings. The molecule has 50 heavy (non-hydrogen) atoms. The number of para-hydroxylation sites is 1. The van der Waals surface area contributed by atoms with E-state index in [1.165, 1.54) is 37.0 Å². The van der Waals surface area contributed by atoms with Crippen LogP contribution in [0.4, 0.5) is 0 Å². The Bertz CT molecular complexity index is 3120. The summed E-state index contributed by atoms with van der Waals surface area (Å²) >= 11 is 1.75. The zero-order valence-electron chi connectivity index (χ0n) is 26.7. The number of nitrogens with zero attached hydrogens (tertiary/aromatic N) is 2. The first-order valence-corrected chi connectivity index (χ1v) is 17.6. The summed E-state index contributed by atoms with van der Waals surface area (Å²) in [6.45, 7) is 0. The zero-order valence-corrected chi connectivity index (χ0v) is 27.5. The third-order valence-electron chi connectivity index (χ3n) is 10.1. The number of benzene rings is 8. The highest BCUT2D eigenvalue weighted by Gasteiger charge is 2.21. The first kappa shape index (κ1) is 27.6. The maximum atomic E-state index is 6.77. The summed E-state index contributed by atoms with van der Waals surface area (Å²) in [6.07, 6.45) is 0. The first-order chi connectivity index (χ1) is 24.8. The molecular weight excluding hydrogens is 629 g/mol. The van der Waals surface area contributed by atoms with Gasteiger partial charge >= 0.3 is 0 Å². The number of hydrogen-bond donors (Lipinski definition) is 0. The van der Waals surface area contributed by atoms with Crippen molar-refractivity contribution in [3.05, 3.63) is 158 Å². The van der Waals surface area contributed by atoms with Gasteiger partial charge in [0.05, 0.1) is 15.9 Å². The Labute approximate surface area is 290 Å². The Kier molecular flexibility index (Phi) is 5.83. The van der Waals surface area contributed by atoms with E-state index in [0.717, 1.165) is 65.5 Å². The van der Waals surface area contributed by atoms with Gasteiger partial charge in [0.15, 0.2) is 5.82 Å². The van der Waals surface area contributed by atoms with Gasteiger partial charge in [0.2, 0.25) is 0 Å². The number of hydrogen-bond acceptors (Lipinski definition) is 4. The molecular formula is C46H26N2OS. The Hall–Kier alpha value is -6.36. The van der Waals surface area contributed by atoms with Gasteiger partial charge in [-0.05, 0) is 56.1 Å². The van der Waals surface area contributed by atoms with E-state index < -0.39 is 0 Å². The normalized spacial score (nSPS) is 12.0. The summed E-state index contributed by atoms with van der Waals surface area (Å²) in [7, 11) is 0. The van der Waals surface area contributed by atoms with Gasteiger partial charge < -0.3 is 4.42 Å². The van der Waals surface area contributed by atoms with E-state index in [-0.39, 0.29) is 0 Å². The fraction of sp³-hybridized carbons (Fsp3) is 0. The maximum absolute atomic E-state index is 6.77. The lowest BCUT2D eigenvalue weighted by Crippen LogP contribution is -1.94. The molecule has 0 amide bonds. The Balaban J connectivity index is 1.16. The fourth-order valence-corrected chi connectivity index (χ4v) is 8.99. The van der Waals surface area contributed by atoms with Crippen molar-refractivity contribution >= 4 is 85.9 Å². The molecule has 0 N–H and O–H groups in total. The average Bonchev–Trinajstić information content (AvgIpc) is 3.76. The minimum absolute atomic E-state index is 0.697. The van der Waals surface area contributed by atoms with Gasteiger partial charge in [-0.15, -0.1) is 11.3 Å². The molecule has 0 bridgehead atoms. The lowest BCUT2D eigenvalue weighted by Gasteiger charge is -2.12. The summed E-state index contributed by atoms with van der Waals surface area (Å²) < 4.78 is 9.08. The number of fused-ring (bicyclic) bond motifs is 12. The van der Waals surface area contributed by atoms with E-state index in [4.69, 9.17) is 14.4 Å². The SMILES string of the molecule is c1ccc(-c2nc(-c3cccc4oc5c(-c6ccc7c8ccccc8c8ccccc8c7c6)cccc5c34)nc3c2sc2ccccc23)cc1. The smallest absolute Gasteiger partial charge is 0.161 e. The Morgan fingerprint density at radius 2 is 1.06 bits per heavy atom. The van der Waals surface area contributed by atoms with Crippen LogP contribution in [0.3, 0.4) is 0 Å². The fourth-order valence-electron chi connectivity index (χ4n) is 7.84. The lowest BCUT2D eigenvalue weighted by atomic mass is 9.91. The molecule has 0 saturated heterocycles. The third-order valence-corrected chi connectivity index (χ3v) is 11.3. The standard InChI is InChI=1S/C46H26N2OS/c1-2-12-27(13-3-1)42-45-43(35-18-8-9-23-40(35)50-45)48-46(47-42)37-21-11-22-39-41(37)36-20-10-19-29(44(36)49-39)28-24-25-34-32-16-5-4-14-30(32)31-15-6-7-17-33(31)38(34)26-28/h1-26H. The second kappa shape index (κ2) is 10.6. The zero-order chi connectivity index (χ0) is 32.8. The van der Waals surface area contributed by atoms with Crippen molar-refractivity contribution in [1.82, 2.24) is 9.97 Å². The molecule has 0 atom stereocenters. The summed E-state index contributed by atoms with van der Waals surface area (Å²) in [6, 6.07) is 55.9. The van der Waals surface area contributed by atoms with Gasteiger partial charge in [-0.3, -0.25) is 0 Å². The molecule has 0 unspecified atom stereocenters. The van der Waals surface area contributed by atoms with Crippen molar-refractivity contribution < 1.29 is 4.42 Å². The first-order valence-electron chi connectivity index (χ1n) is 16.8.